The summed E-state index contributed by atoms with van der Waals surface area (Å²) in [6.45, 7) is 0. The van der Waals surface area contributed by atoms with Gasteiger partial charge in [-0.1, -0.05) is 18.2 Å². The predicted molar refractivity (Wildman–Crippen MR) is 53.0 cm³/mol. The summed E-state index contributed by atoms with van der Waals surface area (Å²) in [5, 5.41) is 9.79. The first kappa shape index (κ1) is 8.52. The lowest BCUT2D eigenvalue weighted by Crippen LogP contribution is -1.92. The van der Waals surface area contributed by atoms with E-state index in [1.165, 1.54) is 7.11 Å². The maximum absolute atomic E-state index is 8.84. The number of pyridine rings is 1. The molecule has 2 aromatic rings. The molecule has 0 unspecified atom stereocenters. The molecule has 0 amide bonds. The van der Waals surface area contributed by atoms with Gasteiger partial charge in [-0.3, -0.25) is 0 Å². The zero-order valence-electron chi connectivity index (χ0n) is 7.69. The van der Waals surface area contributed by atoms with Crippen LogP contribution in [0, 0.1) is 11.3 Å². The molecule has 0 aliphatic rings. The molecule has 0 atom stereocenters. The van der Waals surface area contributed by atoms with Gasteiger partial charge in [0.25, 0.3) is 0 Å². The van der Waals surface area contributed by atoms with Crippen LogP contribution in [0.15, 0.2) is 30.3 Å². The monoisotopic (exact) mass is 184 g/mol. The fourth-order valence-electron chi connectivity index (χ4n) is 1.33. The van der Waals surface area contributed by atoms with E-state index in [9.17, 15) is 0 Å². The average molecular weight is 184 g/mol. The molecule has 0 saturated heterocycles. The molecule has 3 heteroatoms. The Balaban J connectivity index is 2.77. The van der Waals surface area contributed by atoms with Gasteiger partial charge in [0.1, 0.15) is 11.6 Å². The van der Waals surface area contributed by atoms with Gasteiger partial charge in [-0.2, -0.15) is 5.26 Å². The van der Waals surface area contributed by atoms with Crippen molar-refractivity contribution in [1.29, 1.82) is 5.26 Å². The highest BCUT2D eigenvalue weighted by atomic mass is 16.5. The third-order valence-electron chi connectivity index (χ3n) is 2.00. The second-order valence-electron chi connectivity index (χ2n) is 2.85. The second-order valence-corrected chi connectivity index (χ2v) is 2.85. The van der Waals surface area contributed by atoms with E-state index in [4.69, 9.17) is 10.00 Å². The molecule has 0 spiro atoms. The van der Waals surface area contributed by atoms with Crippen molar-refractivity contribution >= 4 is 10.9 Å². The number of para-hydroxylation sites is 1. The molecule has 0 saturated carbocycles. The van der Waals surface area contributed by atoms with E-state index in [2.05, 4.69) is 11.1 Å². The van der Waals surface area contributed by atoms with Crippen molar-refractivity contribution in [2.24, 2.45) is 0 Å². The molecular formula is C11H8N2O. The summed E-state index contributed by atoms with van der Waals surface area (Å²) in [6, 6.07) is 11.5. The largest absolute Gasteiger partial charge is 0.480 e. The Labute approximate surface area is 81.6 Å². The number of ether oxygens (including phenoxy) is 1. The highest BCUT2D eigenvalue weighted by Gasteiger charge is 2.05. The van der Waals surface area contributed by atoms with Crippen LogP contribution >= 0.6 is 0 Å². The Morgan fingerprint density at radius 3 is 2.86 bits per heavy atom. The van der Waals surface area contributed by atoms with Crippen LogP contribution < -0.4 is 4.74 Å². The van der Waals surface area contributed by atoms with Gasteiger partial charge >= 0.3 is 0 Å². The summed E-state index contributed by atoms with van der Waals surface area (Å²) in [4.78, 5) is 4.22. The van der Waals surface area contributed by atoms with E-state index < -0.39 is 0 Å². The molecule has 1 aromatic heterocycles. The average Bonchev–Trinajstić information content (AvgIpc) is 2.27. The van der Waals surface area contributed by atoms with Gasteiger partial charge in [-0.15, -0.1) is 0 Å². The van der Waals surface area contributed by atoms with Gasteiger partial charge in [0.15, 0.2) is 0 Å². The van der Waals surface area contributed by atoms with E-state index in [0.29, 0.717) is 11.4 Å². The topological polar surface area (TPSA) is 45.9 Å². The molecule has 2 rings (SSSR count). The number of rotatable bonds is 1. The Morgan fingerprint density at radius 2 is 2.14 bits per heavy atom. The third-order valence-corrected chi connectivity index (χ3v) is 2.00. The van der Waals surface area contributed by atoms with E-state index in [1.54, 1.807) is 6.07 Å². The van der Waals surface area contributed by atoms with Crippen molar-refractivity contribution in [2.45, 2.75) is 0 Å². The van der Waals surface area contributed by atoms with Crippen LogP contribution in [-0.4, -0.2) is 12.1 Å². The molecule has 3 nitrogen and oxygen atoms in total. The minimum absolute atomic E-state index is 0.381. The fourth-order valence-corrected chi connectivity index (χ4v) is 1.33. The van der Waals surface area contributed by atoms with Crippen LogP contribution in [0.2, 0.25) is 0 Å². The van der Waals surface area contributed by atoms with Crippen LogP contribution in [0.25, 0.3) is 10.9 Å². The van der Waals surface area contributed by atoms with Gasteiger partial charge in [0.2, 0.25) is 5.88 Å². The highest BCUT2D eigenvalue weighted by Crippen LogP contribution is 2.20. The standard InChI is InChI=1S/C11H8N2O/c1-14-11-9(7-12)6-8-4-2-3-5-10(8)13-11/h2-6H,1H3. The number of fused-ring (bicyclic) bond motifs is 1. The number of methoxy groups -OCH3 is 1. The van der Waals surface area contributed by atoms with Crippen molar-refractivity contribution in [2.75, 3.05) is 7.11 Å². The van der Waals surface area contributed by atoms with Gasteiger partial charge < -0.3 is 4.74 Å². The van der Waals surface area contributed by atoms with Gasteiger partial charge in [-0.25, -0.2) is 4.98 Å². The molecular weight excluding hydrogens is 176 g/mol. The van der Waals surface area contributed by atoms with E-state index >= 15 is 0 Å². The van der Waals surface area contributed by atoms with Crippen LogP contribution in [0.4, 0.5) is 0 Å². The Kier molecular flexibility index (Phi) is 2.04. The number of benzene rings is 1. The summed E-state index contributed by atoms with van der Waals surface area (Å²) < 4.78 is 5.01. The summed E-state index contributed by atoms with van der Waals surface area (Å²) in [6.07, 6.45) is 0. The molecule has 0 fully saturated rings. The lowest BCUT2D eigenvalue weighted by molar-refractivity contribution is 0.398. The zero-order chi connectivity index (χ0) is 9.97. The summed E-state index contributed by atoms with van der Waals surface area (Å²) in [7, 11) is 1.51. The van der Waals surface area contributed by atoms with E-state index in [1.807, 2.05) is 24.3 Å². The molecule has 0 aliphatic heterocycles. The van der Waals surface area contributed by atoms with Crippen molar-refractivity contribution in [3.05, 3.63) is 35.9 Å². The minimum atomic E-state index is 0.381. The minimum Gasteiger partial charge on any atom is -0.480 e. The van der Waals surface area contributed by atoms with Gasteiger partial charge in [0, 0.05) is 5.39 Å². The number of nitrogens with zero attached hydrogens (tertiary/aromatic N) is 2. The number of hydrogen-bond acceptors (Lipinski definition) is 3. The first-order valence-electron chi connectivity index (χ1n) is 4.19. The van der Waals surface area contributed by atoms with Crippen LogP contribution in [0.5, 0.6) is 5.88 Å². The number of aromatic nitrogens is 1. The fraction of sp³-hybridized carbons (Fsp3) is 0.0909. The smallest absolute Gasteiger partial charge is 0.231 e. The third kappa shape index (κ3) is 1.27. The zero-order valence-corrected chi connectivity index (χ0v) is 7.69. The summed E-state index contributed by atoms with van der Waals surface area (Å²) in [5.74, 6) is 0.381. The van der Waals surface area contributed by atoms with Crippen molar-refractivity contribution in [1.82, 2.24) is 4.98 Å². The van der Waals surface area contributed by atoms with E-state index in [0.717, 1.165) is 10.9 Å². The van der Waals surface area contributed by atoms with Crippen molar-refractivity contribution in [3.63, 3.8) is 0 Å². The molecule has 0 aliphatic carbocycles. The first-order valence-corrected chi connectivity index (χ1v) is 4.19. The maximum atomic E-state index is 8.84. The SMILES string of the molecule is COc1nc2ccccc2cc1C#N. The molecule has 68 valence electrons. The Hall–Kier alpha value is -2.08. The number of hydrogen-bond donors (Lipinski definition) is 0. The van der Waals surface area contributed by atoms with Crippen LogP contribution in [0.3, 0.4) is 0 Å². The molecule has 14 heavy (non-hydrogen) atoms. The molecule has 1 aromatic carbocycles. The maximum Gasteiger partial charge on any atom is 0.231 e. The first-order chi connectivity index (χ1) is 6.85. The predicted octanol–water partition coefficient (Wildman–Crippen LogP) is 2.12. The molecule has 1 heterocycles. The van der Waals surface area contributed by atoms with E-state index in [-0.39, 0.29) is 0 Å². The summed E-state index contributed by atoms with van der Waals surface area (Å²) in [5.41, 5.74) is 1.30. The van der Waals surface area contributed by atoms with Crippen LogP contribution in [0.1, 0.15) is 5.56 Å². The Morgan fingerprint density at radius 1 is 1.36 bits per heavy atom. The molecule has 0 radical (unpaired) electrons. The number of nitriles is 1. The lowest BCUT2D eigenvalue weighted by Gasteiger charge is -2.03. The summed E-state index contributed by atoms with van der Waals surface area (Å²) >= 11 is 0. The molecule has 0 N–H and O–H groups in total. The quantitative estimate of drug-likeness (QED) is 0.681. The van der Waals surface area contributed by atoms with Crippen molar-refractivity contribution in [3.8, 4) is 11.9 Å². The lowest BCUT2D eigenvalue weighted by atomic mass is 10.1. The normalized spacial score (nSPS) is 9.71. The Bertz CT molecular complexity index is 514. The molecule has 0 bridgehead atoms. The highest BCUT2D eigenvalue weighted by molar-refractivity contribution is 5.80. The van der Waals surface area contributed by atoms with Gasteiger partial charge in [-0.05, 0) is 12.1 Å². The van der Waals surface area contributed by atoms with Crippen molar-refractivity contribution < 1.29 is 4.74 Å². The van der Waals surface area contributed by atoms with Crippen LogP contribution in [-0.2, 0) is 0 Å². The van der Waals surface area contributed by atoms with Gasteiger partial charge in [0.05, 0.1) is 12.6 Å². The second kappa shape index (κ2) is 3.35.